The predicted molar refractivity (Wildman–Crippen MR) is 113 cm³/mol. The summed E-state index contributed by atoms with van der Waals surface area (Å²) in [5.74, 6) is 0.761. The monoisotopic (exact) mass is 380 g/mol. The molecule has 0 spiro atoms. The molecule has 0 bridgehead atoms. The van der Waals surface area contributed by atoms with Crippen LogP contribution in [-0.2, 0) is 6.42 Å². The highest BCUT2D eigenvalue weighted by atomic mass is 32.1. The number of aryl methyl sites for hydroxylation is 1. The number of nitrogens with zero attached hydrogens (tertiary/aromatic N) is 2. The quantitative estimate of drug-likeness (QED) is 0.551. The molecular formula is C22H24N2O2S. The summed E-state index contributed by atoms with van der Waals surface area (Å²) in [5.41, 5.74) is 3.13. The van der Waals surface area contributed by atoms with Gasteiger partial charge in [-0.25, -0.2) is 4.98 Å². The molecule has 0 radical (unpaired) electrons. The zero-order valence-corrected chi connectivity index (χ0v) is 16.4. The third-order valence-corrected chi connectivity index (χ3v) is 5.12. The van der Waals surface area contributed by atoms with Crippen molar-refractivity contribution in [3.63, 3.8) is 0 Å². The summed E-state index contributed by atoms with van der Waals surface area (Å²) < 4.78 is 6.70. The first kappa shape index (κ1) is 19.3. The van der Waals surface area contributed by atoms with Gasteiger partial charge in [0.1, 0.15) is 17.4 Å². The number of fused-ring (bicyclic) bond motifs is 1. The van der Waals surface area contributed by atoms with Crippen LogP contribution in [0.4, 0.5) is 0 Å². The van der Waals surface area contributed by atoms with Gasteiger partial charge in [0.05, 0.1) is 16.3 Å². The molecule has 0 saturated heterocycles. The van der Waals surface area contributed by atoms with Crippen LogP contribution in [0.25, 0.3) is 22.4 Å². The highest BCUT2D eigenvalue weighted by Gasteiger charge is 2.05. The van der Waals surface area contributed by atoms with Crippen molar-refractivity contribution >= 4 is 33.7 Å². The Hall–Kier alpha value is -2.50. The SMILES string of the molecule is CCc1ccc(/C=C/C=C/c2nc3ccc(OCC(O)CC)cc3s2)cn1. The van der Waals surface area contributed by atoms with Gasteiger partial charge in [-0.3, -0.25) is 4.98 Å². The zero-order chi connectivity index (χ0) is 19.1. The fourth-order valence-electron chi connectivity index (χ4n) is 2.44. The molecule has 3 rings (SSSR count). The van der Waals surface area contributed by atoms with E-state index in [1.165, 1.54) is 0 Å². The third-order valence-electron chi connectivity index (χ3n) is 4.14. The van der Waals surface area contributed by atoms with Gasteiger partial charge in [-0.1, -0.05) is 38.1 Å². The van der Waals surface area contributed by atoms with Gasteiger partial charge in [0, 0.05) is 11.9 Å². The number of pyridine rings is 1. The number of aliphatic hydroxyl groups is 1. The predicted octanol–water partition coefficient (Wildman–Crippen LogP) is 5.13. The molecule has 1 aromatic carbocycles. The molecule has 0 amide bonds. The fourth-order valence-corrected chi connectivity index (χ4v) is 3.35. The van der Waals surface area contributed by atoms with E-state index in [0.717, 1.165) is 38.7 Å². The van der Waals surface area contributed by atoms with Gasteiger partial charge < -0.3 is 9.84 Å². The molecule has 27 heavy (non-hydrogen) atoms. The normalized spacial score (nSPS) is 13.0. The topological polar surface area (TPSA) is 55.2 Å². The van der Waals surface area contributed by atoms with Gasteiger partial charge in [0.25, 0.3) is 0 Å². The Kier molecular flexibility index (Phi) is 6.74. The largest absolute Gasteiger partial charge is 0.491 e. The lowest BCUT2D eigenvalue weighted by atomic mass is 10.2. The van der Waals surface area contributed by atoms with E-state index in [1.807, 2.05) is 55.6 Å². The fraction of sp³-hybridized carbons (Fsp3) is 0.273. The number of hydrogen-bond donors (Lipinski definition) is 1. The molecule has 3 aromatic rings. The Morgan fingerprint density at radius 3 is 2.74 bits per heavy atom. The van der Waals surface area contributed by atoms with Crippen LogP contribution in [0, 0.1) is 0 Å². The maximum Gasteiger partial charge on any atom is 0.121 e. The summed E-state index contributed by atoms with van der Waals surface area (Å²) in [5, 5.41) is 10.6. The van der Waals surface area contributed by atoms with Crippen molar-refractivity contribution in [3.8, 4) is 5.75 Å². The van der Waals surface area contributed by atoms with E-state index in [4.69, 9.17) is 4.74 Å². The lowest BCUT2D eigenvalue weighted by Gasteiger charge is -2.09. The molecule has 2 aromatic heterocycles. The number of ether oxygens (including phenoxy) is 1. The third kappa shape index (κ3) is 5.49. The number of hydrogen-bond acceptors (Lipinski definition) is 5. The van der Waals surface area contributed by atoms with Crippen LogP contribution in [0.3, 0.4) is 0 Å². The van der Waals surface area contributed by atoms with Crippen molar-refractivity contribution in [1.29, 1.82) is 0 Å². The van der Waals surface area contributed by atoms with Crippen LogP contribution in [0.5, 0.6) is 5.75 Å². The summed E-state index contributed by atoms with van der Waals surface area (Å²) in [7, 11) is 0. The summed E-state index contributed by atoms with van der Waals surface area (Å²) in [6, 6.07) is 9.95. The second kappa shape index (κ2) is 9.44. The maximum absolute atomic E-state index is 9.61. The lowest BCUT2D eigenvalue weighted by Crippen LogP contribution is -2.15. The first-order chi connectivity index (χ1) is 13.2. The molecule has 0 aliphatic heterocycles. The molecule has 1 unspecified atom stereocenters. The summed E-state index contributed by atoms with van der Waals surface area (Å²) in [6.45, 7) is 4.35. The van der Waals surface area contributed by atoms with Crippen LogP contribution in [0.2, 0.25) is 0 Å². The molecule has 0 aliphatic rings. The van der Waals surface area contributed by atoms with Crippen molar-refractivity contribution in [1.82, 2.24) is 9.97 Å². The van der Waals surface area contributed by atoms with E-state index >= 15 is 0 Å². The highest BCUT2D eigenvalue weighted by molar-refractivity contribution is 7.19. The van der Waals surface area contributed by atoms with E-state index in [1.54, 1.807) is 11.3 Å². The highest BCUT2D eigenvalue weighted by Crippen LogP contribution is 2.27. The molecule has 5 heteroatoms. The number of aromatic nitrogens is 2. The molecule has 2 heterocycles. The first-order valence-corrected chi connectivity index (χ1v) is 10.0. The van der Waals surface area contributed by atoms with Crippen molar-refractivity contribution < 1.29 is 9.84 Å². The number of aliphatic hydroxyl groups excluding tert-OH is 1. The molecular weight excluding hydrogens is 356 g/mol. The first-order valence-electron chi connectivity index (χ1n) is 9.19. The lowest BCUT2D eigenvalue weighted by molar-refractivity contribution is 0.104. The smallest absolute Gasteiger partial charge is 0.121 e. The standard InChI is InChI=1S/C22H24N2O2S/c1-3-17-10-9-16(14-23-17)7-5-6-8-22-24-20-12-11-19(13-21(20)27-22)26-15-18(25)4-2/h5-14,18,25H,3-4,15H2,1-2H3/b7-5+,8-6+. The Morgan fingerprint density at radius 1 is 1.15 bits per heavy atom. The van der Waals surface area contributed by atoms with Gasteiger partial charge in [0.15, 0.2) is 0 Å². The van der Waals surface area contributed by atoms with Crippen molar-refractivity contribution in [2.75, 3.05) is 6.61 Å². The molecule has 4 nitrogen and oxygen atoms in total. The number of rotatable bonds is 8. The van der Waals surface area contributed by atoms with Crippen LogP contribution >= 0.6 is 11.3 Å². The summed E-state index contributed by atoms with van der Waals surface area (Å²) >= 11 is 1.62. The van der Waals surface area contributed by atoms with E-state index in [0.29, 0.717) is 13.0 Å². The molecule has 0 aliphatic carbocycles. The minimum atomic E-state index is -0.430. The van der Waals surface area contributed by atoms with Crippen LogP contribution in [-0.4, -0.2) is 27.8 Å². The second-order valence-corrected chi connectivity index (χ2v) is 7.27. The number of allylic oxidation sites excluding steroid dienone is 2. The van der Waals surface area contributed by atoms with E-state index in [9.17, 15) is 5.11 Å². The molecule has 0 saturated carbocycles. The Balaban J connectivity index is 1.63. The molecule has 140 valence electrons. The van der Waals surface area contributed by atoms with E-state index in [2.05, 4.69) is 29.0 Å². The van der Waals surface area contributed by atoms with Crippen LogP contribution < -0.4 is 4.74 Å². The Bertz CT molecular complexity index is 929. The maximum atomic E-state index is 9.61. The number of benzene rings is 1. The summed E-state index contributed by atoms with van der Waals surface area (Å²) in [4.78, 5) is 9.00. The van der Waals surface area contributed by atoms with Crippen LogP contribution in [0.1, 0.15) is 36.5 Å². The minimum absolute atomic E-state index is 0.312. The molecule has 0 fully saturated rings. The van der Waals surface area contributed by atoms with Crippen molar-refractivity contribution in [2.24, 2.45) is 0 Å². The molecule has 1 atom stereocenters. The average molecular weight is 381 g/mol. The van der Waals surface area contributed by atoms with Gasteiger partial charge in [-0.15, -0.1) is 11.3 Å². The minimum Gasteiger partial charge on any atom is -0.491 e. The van der Waals surface area contributed by atoms with Gasteiger partial charge in [-0.05, 0) is 48.7 Å². The second-order valence-electron chi connectivity index (χ2n) is 6.21. The van der Waals surface area contributed by atoms with Gasteiger partial charge in [0.2, 0.25) is 0 Å². The Labute approximate surface area is 163 Å². The Morgan fingerprint density at radius 2 is 2.00 bits per heavy atom. The van der Waals surface area contributed by atoms with Crippen molar-refractivity contribution in [3.05, 3.63) is 64.9 Å². The van der Waals surface area contributed by atoms with Gasteiger partial charge >= 0.3 is 0 Å². The summed E-state index contributed by atoms with van der Waals surface area (Å²) in [6.07, 6.45) is 11.1. The molecule has 1 N–H and O–H groups in total. The van der Waals surface area contributed by atoms with Crippen molar-refractivity contribution in [2.45, 2.75) is 32.8 Å². The van der Waals surface area contributed by atoms with Crippen LogP contribution in [0.15, 0.2) is 48.7 Å². The zero-order valence-electron chi connectivity index (χ0n) is 15.6. The van der Waals surface area contributed by atoms with Gasteiger partial charge in [-0.2, -0.15) is 0 Å². The average Bonchev–Trinajstić information content (AvgIpc) is 3.11. The van der Waals surface area contributed by atoms with E-state index < -0.39 is 6.10 Å². The number of thiazole rings is 1. The van der Waals surface area contributed by atoms with E-state index in [-0.39, 0.29) is 0 Å².